The lowest BCUT2D eigenvalue weighted by Gasteiger charge is -2.43. The van der Waals surface area contributed by atoms with E-state index in [1.54, 1.807) is 24.3 Å². The molecule has 2 heterocycles. The number of carboxylic acid groups (broad SMARTS) is 1. The molecular weight excluding hydrogens is 384 g/mol. The Morgan fingerprint density at radius 2 is 1.80 bits per heavy atom. The predicted octanol–water partition coefficient (Wildman–Crippen LogP) is 3.40. The number of hydrogen-bond acceptors (Lipinski definition) is 4. The maximum Gasteiger partial charge on any atom is 0.417 e. The normalized spacial score (nSPS) is 23.2. The van der Waals surface area contributed by atoms with Crippen molar-refractivity contribution in [3.8, 4) is 5.75 Å². The van der Waals surface area contributed by atoms with Crippen LogP contribution < -0.4 is 4.74 Å². The number of hydrogen-bond donors (Lipinski definition) is 1. The fraction of sp³-hybridized carbons (Fsp3) is 0.348. The van der Waals surface area contributed by atoms with Gasteiger partial charge in [0, 0.05) is 18.2 Å². The van der Waals surface area contributed by atoms with Crippen LogP contribution in [-0.2, 0) is 11.2 Å². The minimum Gasteiger partial charge on any atom is -0.469 e. The van der Waals surface area contributed by atoms with Crippen LogP contribution in [0, 0.1) is 5.92 Å². The van der Waals surface area contributed by atoms with Crippen LogP contribution in [0.4, 0.5) is 4.79 Å². The second kappa shape index (κ2) is 8.18. The first-order valence-electron chi connectivity index (χ1n) is 10.1. The molecule has 2 aromatic carbocycles. The second-order valence-corrected chi connectivity index (χ2v) is 7.81. The van der Waals surface area contributed by atoms with Gasteiger partial charge in [-0.05, 0) is 56.0 Å². The Morgan fingerprint density at radius 1 is 1.10 bits per heavy atom. The number of imide groups is 1. The summed E-state index contributed by atoms with van der Waals surface area (Å²) in [5.41, 5.74) is 1.51. The summed E-state index contributed by atoms with van der Waals surface area (Å²) in [6, 6.07) is 16.3. The summed E-state index contributed by atoms with van der Waals surface area (Å²) < 4.78 is 5.86. The van der Waals surface area contributed by atoms with Crippen LogP contribution in [0.15, 0.2) is 54.6 Å². The third-order valence-electron chi connectivity index (χ3n) is 5.83. The van der Waals surface area contributed by atoms with Gasteiger partial charge in [0.05, 0.1) is 5.92 Å². The molecule has 0 bridgehead atoms. The maximum absolute atomic E-state index is 12.7. The summed E-state index contributed by atoms with van der Waals surface area (Å²) in [7, 11) is 0. The van der Waals surface area contributed by atoms with Gasteiger partial charge in [-0.2, -0.15) is 0 Å². The largest absolute Gasteiger partial charge is 0.469 e. The molecule has 4 rings (SSSR count). The van der Waals surface area contributed by atoms with E-state index < -0.39 is 24.1 Å². The van der Waals surface area contributed by atoms with Gasteiger partial charge in [0.2, 0.25) is 5.91 Å². The predicted molar refractivity (Wildman–Crippen MR) is 109 cm³/mol. The highest BCUT2D eigenvalue weighted by atomic mass is 16.5. The van der Waals surface area contributed by atoms with Gasteiger partial charge in [-0.1, -0.05) is 30.3 Å². The standard InChI is InChI=1S/C23H24N2O5/c1-15-6-5-13-24(15)20(26)17-9-11-18(12-10-17)30-22-19(21(27)25(22)23(28)29)14-16-7-3-2-4-8-16/h2-4,7-12,15,19,22H,5-6,13-14H2,1H3,(H,28,29). The van der Waals surface area contributed by atoms with Gasteiger partial charge in [0.15, 0.2) is 6.23 Å². The molecule has 1 N–H and O–H groups in total. The highest BCUT2D eigenvalue weighted by molar-refractivity contribution is 5.98. The third-order valence-corrected chi connectivity index (χ3v) is 5.83. The van der Waals surface area contributed by atoms with E-state index >= 15 is 0 Å². The number of rotatable bonds is 5. The van der Waals surface area contributed by atoms with Gasteiger partial charge in [0.25, 0.3) is 5.91 Å². The molecule has 2 aliphatic heterocycles. The summed E-state index contributed by atoms with van der Waals surface area (Å²) in [5, 5.41) is 9.37. The average Bonchev–Trinajstić information content (AvgIpc) is 3.18. The Labute approximate surface area is 174 Å². The molecule has 7 nitrogen and oxygen atoms in total. The van der Waals surface area contributed by atoms with E-state index in [1.165, 1.54) is 0 Å². The molecule has 2 fully saturated rings. The third kappa shape index (κ3) is 3.75. The number of likely N-dealkylation sites (tertiary alicyclic amines) is 2. The van der Waals surface area contributed by atoms with Crippen molar-refractivity contribution in [3.05, 3.63) is 65.7 Å². The quantitative estimate of drug-likeness (QED) is 0.767. The summed E-state index contributed by atoms with van der Waals surface area (Å²) in [5.74, 6) is -0.635. The van der Waals surface area contributed by atoms with Crippen LogP contribution in [0.5, 0.6) is 5.75 Å². The highest BCUT2D eigenvalue weighted by Crippen LogP contribution is 2.32. The van der Waals surface area contributed by atoms with Gasteiger partial charge in [-0.25, -0.2) is 9.69 Å². The average molecular weight is 408 g/mol. The molecule has 0 aliphatic carbocycles. The Morgan fingerprint density at radius 3 is 2.40 bits per heavy atom. The number of β-lactam (4-membered cyclic amide) rings is 1. The molecule has 2 saturated heterocycles. The van der Waals surface area contributed by atoms with Gasteiger partial charge in [-0.3, -0.25) is 9.59 Å². The number of benzene rings is 2. The summed E-state index contributed by atoms with van der Waals surface area (Å²) in [4.78, 5) is 39.1. The zero-order valence-corrected chi connectivity index (χ0v) is 16.7. The van der Waals surface area contributed by atoms with Crippen LogP contribution in [-0.4, -0.2) is 51.6 Å². The zero-order chi connectivity index (χ0) is 21.3. The second-order valence-electron chi connectivity index (χ2n) is 7.81. The fourth-order valence-electron chi connectivity index (χ4n) is 4.13. The molecule has 0 aromatic heterocycles. The first kappa shape index (κ1) is 19.9. The molecule has 2 aliphatic rings. The molecule has 156 valence electrons. The number of ether oxygens (including phenoxy) is 1. The lowest BCUT2D eigenvalue weighted by molar-refractivity contribution is -0.169. The Balaban J connectivity index is 1.47. The van der Waals surface area contributed by atoms with Gasteiger partial charge >= 0.3 is 6.09 Å². The van der Waals surface area contributed by atoms with Crippen LogP contribution in [0.25, 0.3) is 0 Å². The van der Waals surface area contributed by atoms with Crippen molar-refractivity contribution in [3.63, 3.8) is 0 Å². The summed E-state index contributed by atoms with van der Waals surface area (Å²) in [6.45, 7) is 2.81. The molecule has 7 heteroatoms. The lowest BCUT2D eigenvalue weighted by Crippen LogP contribution is -2.65. The Kier molecular flexibility index (Phi) is 5.44. The van der Waals surface area contributed by atoms with Gasteiger partial charge in [-0.15, -0.1) is 0 Å². The van der Waals surface area contributed by atoms with Crippen molar-refractivity contribution in [2.24, 2.45) is 5.92 Å². The maximum atomic E-state index is 12.7. The molecule has 2 aromatic rings. The van der Waals surface area contributed by atoms with Crippen LogP contribution in [0.2, 0.25) is 0 Å². The van der Waals surface area contributed by atoms with Gasteiger partial charge in [0.1, 0.15) is 5.75 Å². The van der Waals surface area contributed by atoms with Crippen molar-refractivity contribution in [2.45, 2.75) is 38.5 Å². The zero-order valence-electron chi connectivity index (χ0n) is 16.7. The van der Waals surface area contributed by atoms with E-state index in [1.807, 2.05) is 42.2 Å². The van der Waals surface area contributed by atoms with Crippen LogP contribution >= 0.6 is 0 Å². The van der Waals surface area contributed by atoms with E-state index in [4.69, 9.17) is 4.74 Å². The number of nitrogens with zero attached hydrogens (tertiary/aromatic N) is 2. The Bertz CT molecular complexity index is 944. The molecule has 0 saturated carbocycles. The number of carbonyl (C=O) groups is 3. The minimum absolute atomic E-state index is 0.0144. The van der Waals surface area contributed by atoms with Crippen molar-refractivity contribution >= 4 is 17.9 Å². The van der Waals surface area contributed by atoms with Crippen LogP contribution in [0.1, 0.15) is 35.7 Å². The monoisotopic (exact) mass is 408 g/mol. The van der Waals surface area contributed by atoms with Crippen molar-refractivity contribution < 1.29 is 24.2 Å². The lowest BCUT2D eigenvalue weighted by atomic mass is 9.89. The van der Waals surface area contributed by atoms with E-state index in [0.717, 1.165) is 29.8 Å². The van der Waals surface area contributed by atoms with Crippen LogP contribution in [0.3, 0.4) is 0 Å². The first-order valence-corrected chi connectivity index (χ1v) is 10.1. The van der Waals surface area contributed by atoms with E-state index in [2.05, 4.69) is 0 Å². The molecule has 30 heavy (non-hydrogen) atoms. The highest BCUT2D eigenvalue weighted by Gasteiger charge is 2.52. The fourth-order valence-corrected chi connectivity index (χ4v) is 4.13. The topological polar surface area (TPSA) is 87.2 Å². The van der Waals surface area contributed by atoms with E-state index in [9.17, 15) is 19.5 Å². The number of carbonyl (C=O) groups excluding carboxylic acids is 2. The molecule has 3 amide bonds. The van der Waals surface area contributed by atoms with Crippen molar-refractivity contribution in [1.82, 2.24) is 9.80 Å². The molecule has 0 radical (unpaired) electrons. The summed E-state index contributed by atoms with van der Waals surface area (Å²) >= 11 is 0. The molecular formula is C23H24N2O5. The molecule has 0 spiro atoms. The molecule has 3 unspecified atom stereocenters. The van der Waals surface area contributed by atoms with E-state index in [-0.39, 0.29) is 11.9 Å². The van der Waals surface area contributed by atoms with E-state index in [0.29, 0.717) is 17.7 Å². The smallest absolute Gasteiger partial charge is 0.417 e. The summed E-state index contributed by atoms with van der Waals surface area (Å²) in [6.07, 6.45) is 0.200. The first-order chi connectivity index (χ1) is 14.5. The Hall–Kier alpha value is -3.35. The van der Waals surface area contributed by atoms with Crippen molar-refractivity contribution in [2.75, 3.05) is 6.54 Å². The molecule has 3 atom stereocenters. The van der Waals surface area contributed by atoms with Crippen molar-refractivity contribution in [1.29, 1.82) is 0 Å². The SMILES string of the molecule is CC1CCCN1C(=O)c1ccc(OC2C(Cc3ccccc3)C(=O)N2C(=O)O)cc1. The van der Waals surface area contributed by atoms with Gasteiger partial charge < -0.3 is 14.7 Å². The minimum atomic E-state index is -1.33. The number of amides is 3.